The van der Waals surface area contributed by atoms with E-state index in [4.69, 9.17) is 0 Å². The topological polar surface area (TPSA) is 41.1 Å². The minimum atomic E-state index is 0.177. The lowest BCUT2D eigenvalue weighted by Gasteiger charge is -2.16. The second-order valence-electron chi connectivity index (χ2n) is 4.81. The zero-order chi connectivity index (χ0) is 11.3. The van der Waals surface area contributed by atoms with Crippen LogP contribution in [0.2, 0.25) is 0 Å². The summed E-state index contributed by atoms with van der Waals surface area (Å²) in [5.41, 5.74) is 0. The second kappa shape index (κ2) is 6.11. The summed E-state index contributed by atoms with van der Waals surface area (Å²) in [6.45, 7) is 7.14. The van der Waals surface area contributed by atoms with Crippen LogP contribution in [0.4, 0.5) is 0 Å². The molecule has 1 rings (SSSR count). The summed E-state index contributed by atoms with van der Waals surface area (Å²) >= 11 is 0. The molecule has 0 bridgehead atoms. The van der Waals surface area contributed by atoms with Crippen molar-refractivity contribution < 1.29 is 4.79 Å². The first-order valence-electron chi connectivity index (χ1n) is 6.14. The van der Waals surface area contributed by atoms with Crippen LogP contribution in [0.5, 0.6) is 0 Å². The first-order valence-corrected chi connectivity index (χ1v) is 6.14. The Balaban J connectivity index is 2.10. The summed E-state index contributed by atoms with van der Waals surface area (Å²) in [6, 6.07) is 0.627. The molecule has 0 aromatic heterocycles. The highest BCUT2D eigenvalue weighted by Gasteiger charge is 2.24. The van der Waals surface area contributed by atoms with Gasteiger partial charge in [-0.25, -0.2) is 0 Å². The van der Waals surface area contributed by atoms with E-state index in [1.807, 2.05) is 0 Å². The summed E-state index contributed by atoms with van der Waals surface area (Å²) < 4.78 is 0. The molecule has 3 nitrogen and oxygen atoms in total. The van der Waals surface area contributed by atoms with Gasteiger partial charge in [0, 0.05) is 18.5 Å². The number of hydrogen-bond acceptors (Lipinski definition) is 2. The fourth-order valence-corrected chi connectivity index (χ4v) is 1.94. The van der Waals surface area contributed by atoms with Crippen LogP contribution in [0.15, 0.2) is 0 Å². The van der Waals surface area contributed by atoms with Gasteiger partial charge in [0.15, 0.2) is 0 Å². The first-order chi connectivity index (χ1) is 7.11. The van der Waals surface area contributed by atoms with Crippen LogP contribution < -0.4 is 10.6 Å². The summed E-state index contributed by atoms with van der Waals surface area (Å²) in [6.07, 6.45) is 4.45. The van der Waals surface area contributed by atoms with Crippen molar-refractivity contribution in [3.63, 3.8) is 0 Å². The lowest BCUT2D eigenvalue weighted by molar-refractivity contribution is -0.122. The van der Waals surface area contributed by atoms with Crippen molar-refractivity contribution in [2.24, 2.45) is 5.92 Å². The molecule has 1 saturated carbocycles. The SMILES string of the molecule is CCNC(C)CC(=O)NC(C)CC1CC1. The predicted octanol–water partition coefficient (Wildman–Crippen LogP) is 1.68. The Morgan fingerprint density at radius 3 is 2.53 bits per heavy atom. The standard InChI is InChI=1S/C12H24N2O/c1-4-13-9(2)8-12(15)14-10(3)7-11-5-6-11/h9-11,13H,4-8H2,1-3H3,(H,14,15). The Bertz CT molecular complexity index is 202. The number of rotatable bonds is 7. The zero-order valence-corrected chi connectivity index (χ0v) is 10.2. The van der Waals surface area contributed by atoms with E-state index in [1.165, 1.54) is 12.8 Å². The van der Waals surface area contributed by atoms with Crippen molar-refractivity contribution in [1.29, 1.82) is 0 Å². The van der Waals surface area contributed by atoms with Crippen LogP contribution >= 0.6 is 0 Å². The molecule has 0 aromatic rings. The molecule has 2 unspecified atom stereocenters. The molecule has 0 radical (unpaired) electrons. The number of amides is 1. The molecule has 2 atom stereocenters. The number of carbonyl (C=O) groups is 1. The molecule has 1 aliphatic rings. The van der Waals surface area contributed by atoms with Crippen LogP contribution in [0.1, 0.15) is 46.5 Å². The van der Waals surface area contributed by atoms with Gasteiger partial charge in [-0.1, -0.05) is 19.8 Å². The van der Waals surface area contributed by atoms with Crippen LogP contribution in [0.25, 0.3) is 0 Å². The van der Waals surface area contributed by atoms with Gasteiger partial charge >= 0.3 is 0 Å². The molecule has 0 saturated heterocycles. The highest BCUT2D eigenvalue weighted by Crippen LogP contribution is 2.33. The lowest BCUT2D eigenvalue weighted by Crippen LogP contribution is -2.37. The number of hydrogen-bond donors (Lipinski definition) is 2. The van der Waals surface area contributed by atoms with Gasteiger partial charge in [-0.3, -0.25) is 4.79 Å². The van der Waals surface area contributed by atoms with Crippen molar-refractivity contribution in [1.82, 2.24) is 10.6 Å². The quantitative estimate of drug-likeness (QED) is 0.674. The second-order valence-corrected chi connectivity index (χ2v) is 4.81. The average molecular weight is 212 g/mol. The molecule has 1 aliphatic carbocycles. The minimum Gasteiger partial charge on any atom is -0.354 e. The maximum absolute atomic E-state index is 11.6. The summed E-state index contributed by atoms with van der Waals surface area (Å²) in [7, 11) is 0. The molecular formula is C12H24N2O. The van der Waals surface area contributed by atoms with E-state index in [9.17, 15) is 4.79 Å². The molecule has 0 spiro atoms. The van der Waals surface area contributed by atoms with Gasteiger partial charge in [0.05, 0.1) is 0 Å². The molecule has 88 valence electrons. The third kappa shape index (κ3) is 5.78. The molecule has 0 heterocycles. The van der Waals surface area contributed by atoms with Gasteiger partial charge in [-0.15, -0.1) is 0 Å². The van der Waals surface area contributed by atoms with Gasteiger partial charge < -0.3 is 10.6 Å². The molecule has 1 amide bonds. The Labute approximate surface area is 93.0 Å². The average Bonchev–Trinajstić information content (AvgIpc) is 2.87. The van der Waals surface area contributed by atoms with Crippen molar-refractivity contribution in [2.75, 3.05) is 6.54 Å². The fourth-order valence-electron chi connectivity index (χ4n) is 1.94. The largest absolute Gasteiger partial charge is 0.354 e. The Morgan fingerprint density at radius 1 is 1.33 bits per heavy atom. The molecule has 0 aliphatic heterocycles. The van der Waals surface area contributed by atoms with Crippen LogP contribution in [-0.4, -0.2) is 24.5 Å². The maximum atomic E-state index is 11.6. The monoisotopic (exact) mass is 212 g/mol. The summed E-state index contributed by atoms with van der Waals surface area (Å²) in [4.78, 5) is 11.6. The van der Waals surface area contributed by atoms with E-state index < -0.39 is 0 Å². The van der Waals surface area contributed by atoms with Gasteiger partial charge in [-0.05, 0) is 32.7 Å². The van der Waals surface area contributed by atoms with Crippen molar-refractivity contribution in [3.8, 4) is 0 Å². The highest BCUT2D eigenvalue weighted by atomic mass is 16.1. The highest BCUT2D eigenvalue weighted by molar-refractivity contribution is 5.76. The Hall–Kier alpha value is -0.570. The maximum Gasteiger partial charge on any atom is 0.221 e. The van der Waals surface area contributed by atoms with Crippen LogP contribution in [0, 0.1) is 5.92 Å². The van der Waals surface area contributed by atoms with Gasteiger partial charge in [0.25, 0.3) is 0 Å². The Kier molecular flexibility index (Phi) is 5.09. The number of nitrogens with one attached hydrogen (secondary N) is 2. The smallest absolute Gasteiger partial charge is 0.221 e. The predicted molar refractivity (Wildman–Crippen MR) is 62.7 cm³/mol. The van der Waals surface area contributed by atoms with Crippen molar-refractivity contribution >= 4 is 5.91 Å². The molecule has 2 N–H and O–H groups in total. The third-order valence-corrected chi connectivity index (χ3v) is 2.84. The molecule has 15 heavy (non-hydrogen) atoms. The van der Waals surface area contributed by atoms with E-state index in [1.54, 1.807) is 0 Å². The lowest BCUT2D eigenvalue weighted by atomic mass is 10.1. The summed E-state index contributed by atoms with van der Waals surface area (Å²) in [5, 5.41) is 6.30. The van der Waals surface area contributed by atoms with Crippen molar-refractivity contribution in [2.45, 2.75) is 58.5 Å². The van der Waals surface area contributed by atoms with E-state index in [-0.39, 0.29) is 11.9 Å². The van der Waals surface area contributed by atoms with Crippen molar-refractivity contribution in [3.05, 3.63) is 0 Å². The van der Waals surface area contributed by atoms with E-state index in [0.717, 1.165) is 18.9 Å². The normalized spacial score (nSPS) is 19.7. The van der Waals surface area contributed by atoms with E-state index >= 15 is 0 Å². The zero-order valence-electron chi connectivity index (χ0n) is 10.2. The van der Waals surface area contributed by atoms with Crippen LogP contribution in [-0.2, 0) is 4.79 Å². The third-order valence-electron chi connectivity index (χ3n) is 2.84. The van der Waals surface area contributed by atoms with Gasteiger partial charge in [-0.2, -0.15) is 0 Å². The molecule has 1 fully saturated rings. The minimum absolute atomic E-state index is 0.177. The van der Waals surface area contributed by atoms with E-state index in [0.29, 0.717) is 12.5 Å². The Morgan fingerprint density at radius 2 is 2.00 bits per heavy atom. The van der Waals surface area contributed by atoms with Gasteiger partial charge in [0.1, 0.15) is 0 Å². The molecule has 0 aromatic carbocycles. The summed E-state index contributed by atoms with van der Waals surface area (Å²) in [5.74, 6) is 1.06. The fraction of sp³-hybridized carbons (Fsp3) is 0.917. The first kappa shape index (κ1) is 12.5. The molecular weight excluding hydrogens is 188 g/mol. The van der Waals surface area contributed by atoms with E-state index in [2.05, 4.69) is 31.4 Å². The number of carbonyl (C=O) groups excluding carboxylic acids is 1. The molecule has 3 heteroatoms. The van der Waals surface area contributed by atoms with Gasteiger partial charge in [0.2, 0.25) is 5.91 Å². The van der Waals surface area contributed by atoms with Crippen LogP contribution in [0.3, 0.4) is 0 Å².